The fourth-order valence-electron chi connectivity index (χ4n) is 5.76. The number of nitrogens with zero attached hydrogens (tertiary/aromatic N) is 2. The molecule has 2 aliphatic rings. The van der Waals surface area contributed by atoms with E-state index in [1.54, 1.807) is 29.2 Å². The van der Waals surface area contributed by atoms with Crippen LogP contribution in [0.25, 0.3) is 10.9 Å². The number of aromatic amines is 1. The van der Waals surface area contributed by atoms with Gasteiger partial charge in [0, 0.05) is 23.4 Å². The van der Waals surface area contributed by atoms with Gasteiger partial charge < -0.3 is 14.6 Å². The average molecular weight is 480 g/mol. The number of fused-ring (bicyclic) bond motifs is 5. The molecule has 36 heavy (non-hydrogen) atoms. The van der Waals surface area contributed by atoms with E-state index in [-0.39, 0.29) is 17.9 Å². The number of urea groups is 1. The van der Waals surface area contributed by atoms with E-state index in [4.69, 9.17) is 4.74 Å². The van der Waals surface area contributed by atoms with Crippen LogP contribution in [0.5, 0.6) is 5.75 Å². The number of anilines is 1. The Balaban J connectivity index is 1.50. The molecule has 1 N–H and O–H groups in total. The number of ether oxygens (including phenoxy) is 1. The monoisotopic (exact) mass is 479 g/mol. The maximum absolute atomic E-state index is 14.1. The van der Waals surface area contributed by atoms with Crippen molar-refractivity contribution in [3.05, 3.63) is 95.2 Å². The van der Waals surface area contributed by atoms with Gasteiger partial charge in [-0.2, -0.15) is 0 Å². The number of carbonyl (C=O) groups excluding carboxylic acids is 2. The molecule has 1 saturated heterocycles. The van der Waals surface area contributed by atoms with Gasteiger partial charge in [-0.1, -0.05) is 49.4 Å². The van der Waals surface area contributed by atoms with Crippen molar-refractivity contribution in [1.82, 2.24) is 9.88 Å². The quantitative estimate of drug-likeness (QED) is 0.359. The number of benzene rings is 3. The standard InChI is InChI=1S/C30H29N3O3/c1-4-19-10-12-20(13-11-19)24-18-32-29(35)33(21-14-16-22(17-15-21)36-5-2)28(34)30(32,3)27-26(24)23-8-6-7-9-25(23)31-27/h6-17,24,31H,4-5,18H2,1-3H3. The van der Waals surface area contributed by atoms with Gasteiger partial charge in [-0.15, -0.1) is 0 Å². The first-order chi connectivity index (χ1) is 17.5. The first-order valence-corrected chi connectivity index (χ1v) is 12.6. The molecule has 1 aromatic heterocycles. The molecule has 182 valence electrons. The fraction of sp³-hybridized carbons (Fsp3) is 0.267. The highest BCUT2D eigenvalue weighted by atomic mass is 16.5. The van der Waals surface area contributed by atoms with Crippen LogP contribution in [-0.2, 0) is 16.8 Å². The summed E-state index contributed by atoms with van der Waals surface area (Å²) in [5.74, 6) is 0.411. The zero-order valence-corrected chi connectivity index (χ0v) is 20.7. The molecule has 0 radical (unpaired) electrons. The Labute approximate surface area is 210 Å². The van der Waals surface area contributed by atoms with E-state index >= 15 is 0 Å². The first kappa shape index (κ1) is 22.4. The van der Waals surface area contributed by atoms with Gasteiger partial charge in [-0.25, -0.2) is 9.69 Å². The van der Waals surface area contributed by atoms with Gasteiger partial charge in [-0.05, 0) is 67.3 Å². The van der Waals surface area contributed by atoms with E-state index in [2.05, 4.69) is 42.2 Å². The number of aromatic nitrogens is 1. The Bertz CT molecular complexity index is 1470. The van der Waals surface area contributed by atoms with Gasteiger partial charge in [0.15, 0.2) is 5.54 Å². The maximum Gasteiger partial charge on any atom is 0.332 e. The minimum Gasteiger partial charge on any atom is -0.494 e. The molecule has 0 spiro atoms. The number of rotatable bonds is 5. The van der Waals surface area contributed by atoms with Crippen LogP contribution < -0.4 is 9.64 Å². The highest BCUT2D eigenvalue weighted by Crippen LogP contribution is 2.50. The van der Waals surface area contributed by atoms with Gasteiger partial charge in [-0.3, -0.25) is 4.79 Å². The first-order valence-electron chi connectivity index (χ1n) is 12.6. The minimum absolute atomic E-state index is 0.0489. The maximum atomic E-state index is 14.1. The fourth-order valence-corrected chi connectivity index (χ4v) is 5.76. The lowest BCUT2D eigenvalue weighted by Gasteiger charge is -2.40. The Morgan fingerprint density at radius 3 is 2.39 bits per heavy atom. The smallest absolute Gasteiger partial charge is 0.332 e. The molecular formula is C30H29N3O3. The Kier molecular flexibility index (Phi) is 5.14. The third kappa shape index (κ3) is 3.10. The lowest BCUT2D eigenvalue weighted by molar-refractivity contribution is -0.125. The van der Waals surface area contributed by atoms with Crippen LogP contribution in [0, 0.1) is 0 Å². The van der Waals surface area contributed by atoms with E-state index in [0.29, 0.717) is 24.6 Å². The average Bonchev–Trinajstić information content (AvgIpc) is 3.39. The van der Waals surface area contributed by atoms with Crippen molar-refractivity contribution in [2.75, 3.05) is 18.1 Å². The number of imide groups is 1. The van der Waals surface area contributed by atoms with Gasteiger partial charge in [0.2, 0.25) is 0 Å². The number of H-pyrrole nitrogens is 1. The van der Waals surface area contributed by atoms with Crippen LogP contribution in [0.2, 0.25) is 0 Å². The number of hydrogen-bond acceptors (Lipinski definition) is 3. The summed E-state index contributed by atoms with van der Waals surface area (Å²) in [5, 5.41) is 1.10. The molecular weight excluding hydrogens is 450 g/mol. The van der Waals surface area contributed by atoms with E-state index in [1.807, 2.05) is 32.0 Å². The molecule has 3 aromatic carbocycles. The second-order valence-corrected chi connectivity index (χ2v) is 9.64. The van der Waals surface area contributed by atoms with Crippen LogP contribution in [0.4, 0.5) is 10.5 Å². The summed E-state index contributed by atoms with van der Waals surface area (Å²) in [5.41, 5.74) is 4.71. The van der Waals surface area contributed by atoms with Crippen molar-refractivity contribution in [1.29, 1.82) is 0 Å². The predicted molar refractivity (Wildman–Crippen MR) is 141 cm³/mol. The second kappa shape index (κ2) is 8.26. The number of nitrogens with one attached hydrogen (secondary N) is 1. The molecule has 3 heterocycles. The van der Waals surface area contributed by atoms with E-state index in [0.717, 1.165) is 34.1 Å². The molecule has 0 saturated carbocycles. The number of para-hydroxylation sites is 1. The van der Waals surface area contributed by atoms with E-state index < -0.39 is 5.54 Å². The van der Waals surface area contributed by atoms with Gasteiger partial charge in [0.1, 0.15) is 5.75 Å². The summed E-state index contributed by atoms with van der Waals surface area (Å²) in [6, 6.07) is 23.6. The van der Waals surface area contributed by atoms with Crippen molar-refractivity contribution in [3.63, 3.8) is 0 Å². The van der Waals surface area contributed by atoms with Gasteiger partial charge in [0.05, 0.1) is 18.0 Å². The molecule has 1 fully saturated rings. The summed E-state index contributed by atoms with van der Waals surface area (Å²) in [6.45, 7) is 6.91. The van der Waals surface area contributed by atoms with Crippen molar-refractivity contribution >= 4 is 28.5 Å². The zero-order chi connectivity index (χ0) is 25.0. The van der Waals surface area contributed by atoms with Gasteiger partial charge >= 0.3 is 6.03 Å². The summed E-state index contributed by atoms with van der Waals surface area (Å²) >= 11 is 0. The Morgan fingerprint density at radius 1 is 0.972 bits per heavy atom. The van der Waals surface area contributed by atoms with Gasteiger partial charge in [0.25, 0.3) is 5.91 Å². The predicted octanol–water partition coefficient (Wildman–Crippen LogP) is 5.96. The van der Waals surface area contributed by atoms with E-state index in [9.17, 15) is 9.59 Å². The molecule has 2 unspecified atom stereocenters. The van der Waals surface area contributed by atoms with Crippen LogP contribution in [0.15, 0.2) is 72.8 Å². The van der Waals surface area contributed by atoms with E-state index in [1.165, 1.54) is 10.5 Å². The number of aryl methyl sites for hydroxylation is 1. The summed E-state index contributed by atoms with van der Waals surface area (Å²) < 4.78 is 5.55. The van der Waals surface area contributed by atoms with Crippen molar-refractivity contribution < 1.29 is 14.3 Å². The number of hydrogen-bond donors (Lipinski definition) is 1. The summed E-state index contributed by atoms with van der Waals surface area (Å²) in [4.78, 5) is 34.5. The third-order valence-electron chi connectivity index (χ3n) is 7.72. The van der Waals surface area contributed by atoms with Crippen molar-refractivity contribution in [2.24, 2.45) is 0 Å². The number of amides is 3. The second-order valence-electron chi connectivity index (χ2n) is 9.64. The summed E-state index contributed by atoms with van der Waals surface area (Å²) in [7, 11) is 0. The van der Waals surface area contributed by atoms with Crippen LogP contribution in [0.1, 0.15) is 49.1 Å². The molecule has 6 nitrogen and oxygen atoms in total. The Hall–Kier alpha value is -4.06. The minimum atomic E-state index is -1.12. The molecule has 6 heteroatoms. The molecule has 0 aliphatic carbocycles. The molecule has 3 amide bonds. The highest BCUT2D eigenvalue weighted by molar-refractivity contribution is 6.23. The molecule has 4 aromatic rings. The van der Waals surface area contributed by atoms with Crippen LogP contribution >= 0.6 is 0 Å². The molecule has 2 aliphatic heterocycles. The van der Waals surface area contributed by atoms with Crippen LogP contribution in [0.3, 0.4) is 0 Å². The largest absolute Gasteiger partial charge is 0.494 e. The zero-order valence-electron chi connectivity index (χ0n) is 20.7. The van der Waals surface area contributed by atoms with Crippen LogP contribution in [-0.4, -0.2) is 35.0 Å². The molecule has 2 atom stereocenters. The SMILES string of the molecule is CCOc1ccc(N2C(=O)N3CC(c4ccc(CC)cc4)c4c([nH]c5ccccc45)C3(C)C2=O)cc1. The normalized spacial score (nSPS) is 21.1. The topological polar surface area (TPSA) is 65.6 Å². The lowest BCUT2D eigenvalue weighted by atomic mass is 9.78. The highest BCUT2D eigenvalue weighted by Gasteiger charge is 2.60. The third-order valence-corrected chi connectivity index (χ3v) is 7.72. The molecule has 0 bridgehead atoms. The van der Waals surface area contributed by atoms with Crippen molar-refractivity contribution in [3.8, 4) is 5.75 Å². The molecule has 6 rings (SSSR count). The number of carbonyl (C=O) groups is 2. The Morgan fingerprint density at radius 2 is 1.69 bits per heavy atom. The summed E-state index contributed by atoms with van der Waals surface area (Å²) in [6.07, 6.45) is 0.970. The lowest BCUT2D eigenvalue weighted by Crippen LogP contribution is -2.50. The van der Waals surface area contributed by atoms with Crippen molar-refractivity contribution in [2.45, 2.75) is 38.6 Å².